The summed E-state index contributed by atoms with van der Waals surface area (Å²) in [6, 6.07) is 10.9. The predicted octanol–water partition coefficient (Wildman–Crippen LogP) is 3.05. The maximum atomic E-state index is 13.0. The molecule has 1 aromatic heterocycles. The van der Waals surface area contributed by atoms with Crippen LogP contribution in [0.2, 0.25) is 0 Å². The highest BCUT2D eigenvalue weighted by Crippen LogP contribution is 2.37. The van der Waals surface area contributed by atoms with Gasteiger partial charge < -0.3 is 10.1 Å². The predicted molar refractivity (Wildman–Crippen MR) is 102 cm³/mol. The molecule has 1 atom stereocenters. The number of pyridine rings is 1. The van der Waals surface area contributed by atoms with Crippen molar-refractivity contribution < 1.29 is 14.3 Å². The van der Waals surface area contributed by atoms with Crippen molar-refractivity contribution in [3.8, 4) is 5.75 Å². The number of aromatic nitrogens is 1. The van der Waals surface area contributed by atoms with Crippen LogP contribution in [-0.4, -0.2) is 28.4 Å². The van der Waals surface area contributed by atoms with Gasteiger partial charge in [0.15, 0.2) is 11.6 Å². The number of benzene rings is 1. The fourth-order valence-electron chi connectivity index (χ4n) is 2.81. The number of rotatable bonds is 4. The summed E-state index contributed by atoms with van der Waals surface area (Å²) < 4.78 is 6.77. The van der Waals surface area contributed by atoms with E-state index in [0.717, 1.165) is 10.0 Å². The Morgan fingerprint density at radius 2 is 2.00 bits per heavy atom. The molecule has 2 amide bonds. The normalized spacial score (nSPS) is 19.1. The van der Waals surface area contributed by atoms with Gasteiger partial charge in [0.25, 0.3) is 17.4 Å². The Labute approximate surface area is 160 Å². The molecule has 0 unspecified atom stereocenters. The van der Waals surface area contributed by atoms with Crippen LogP contribution in [0.5, 0.6) is 5.75 Å². The quantitative estimate of drug-likeness (QED) is 0.775. The Morgan fingerprint density at radius 3 is 2.65 bits per heavy atom. The Balaban J connectivity index is 1.84. The van der Waals surface area contributed by atoms with Gasteiger partial charge in [-0.05, 0) is 50.6 Å². The minimum absolute atomic E-state index is 0.154. The molecule has 3 rings (SSSR count). The van der Waals surface area contributed by atoms with E-state index in [1.54, 1.807) is 18.3 Å². The Kier molecular flexibility index (Phi) is 5.00. The van der Waals surface area contributed by atoms with Gasteiger partial charge in [-0.2, -0.15) is 0 Å². The van der Waals surface area contributed by atoms with Gasteiger partial charge >= 0.3 is 0 Å². The van der Waals surface area contributed by atoms with Crippen molar-refractivity contribution in [3.63, 3.8) is 0 Å². The minimum atomic E-state index is -1.64. The molecule has 0 spiro atoms. The molecule has 1 aliphatic heterocycles. The summed E-state index contributed by atoms with van der Waals surface area (Å²) in [7, 11) is 0. The number of ether oxygens (including phenoxy) is 1. The number of fused-ring (bicyclic) bond motifs is 1. The molecule has 0 saturated carbocycles. The molecular weight excluding hydrogens is 398 g/mol. The third kappa shape index (κ3) is 3.31. The topological polar surface area (TPSA) is 71.5 Å². The molecular formula is C19H20BrN3O3. The molecule has 136 valence electrons. The third-order valence-electron chi connectivity index (χ3n) is 4.24. The van der Waals surface area contributed by atoms with Crippen molar-refractivity contribution in [2.45, 2.75) is 39.0 Å². The summed E-state index contributed by atoms with van der Waals surface area (Å²) >= 11 is 3.38. The minimum Gasteiger partial charge on any atom is -0.464 e. The average molecular weight is 418 g/mol. The summed E-state index contributed by atoms with van der Waals surface area (Å²) in [6.45, 7) is 5.56. The lowest BCUT2D eigenvalue weighted by Crippen LogP contribution is -2.63. The fourth-order valence-corrected chi connectivity index (χ4v) is 3.07. The third-order valence-corrected chi connectivity index (χ3v) is 4.76. The number of anilines is 1. The summed E-state index contributed by atoms with van der Waals surface area (Å²) in [4.78, 5) is 31.6. The number of hydrogen-bond acceptors (Lipinski definition) is 4. The maximum absolute atomic E-state index is 13.0. The highest BCUT2D eigenvalue weighted by Gasteiger charge is 2.51. The molecule has 0 fully saturated rings. The van der Waals surface area contributed by atoms with Gasteiger partial charge in [0.1, 0.15) is 0 Å². The first-order valence-electron chi connectivity index (χ1n) is 8.33. The number of amides is 2. The molecule has 2 aromatic rings. The van der Waals surface area contributed by atoms with Crippen molar-refractivity contribution in [3.05, 3.63) is 52.6 Å². The number of carbonyl (C=O) groups is 2. The van der Waals surface area contributed by atoms with E-state index in [1.165, 1.54) is 11.8 Å². The smallest absolute Gasteiger partial charge is 0.282 e. The molecule has 1 aliphatic rings. The van der Waals surface area contributed by atoms with Crippen molar-refractivity contribution in [1.29, 1.82) is 0 Å². The Hall–Kier alpha value is -2.41. The molecule has 1 N–H and O–H groups in total. The monoisotopic (exact) mass is 417 g/mol. The SMILES string of the molecule is CC(C)N1C(=O)[C@](C)(C(=O)NCc2ccc(Br)cc2)Oc2cccnc21. The van der Waals surface area contributed by atoms with Gasteiger partial charge in [-0.1, -0.05) is 28.1 Å². The van der Waals surface area contributed by atoms with Gasteiger partial charge in [-0.3, -0.25) is 14.5 Å². The molecule has 0 bridgehead atoms. The van der Waals surface area contributed by atoms with Crippen LogP contribution in [0.1, 0.15) is 26.3 Å². The average Bonchev–Trinajstić information content (AvgIpc) is 2.61. The van der Waals surface area contributed by atoms with Crippen LogP contribution in [0.15, 0.2) is 47.1 Å². The largest absolute Gasteiger partial charge is 0.464 e. The standard InChI is InChI=1S/C19H20BrN3O3/c1-12(2)23-16-15(5-4-10-21-16)26-19(3,18(23)25)17(24)22-11-13-6-8-14(20)9-7-13/h4-10,12H,11H2,1-3H3,(H,22,24)/t19-/m0/s1. The zero-order chi connectivity index (χ0) is 18.9. The zero-order valence-electron chi connectivity index (χ0n) is 14.8. The van der Waals surface area contributed by atoms with Crippen molar-refractivity contribution in [1.82, 2.24) is 10.3 Å². The summed E-state index contributed by atoms with van der Waals surface area (Å²) in [5.74, 6) is -0.0506. The zero-order valence-corrected chi connectivity index (χ0v) is 16.4. The molecule has 0 radical (unpaired) electrons. The number of halogens is 1. The van der Waals surface area contributed by atoms with Gasteiger partial charge in [0.05, 0.1) is 0 Å². The van der Waals surface area contributed by atoms with E-state index in [4.69, 9.17) is 4.74 Å². The fraction of sp³-hybridized carbons (Fsp3) is 0.316. The number of carbonyl (C=O) groups excluding carboxylic acids is 2. The van der Waals surface area contributed by atoms with Crippen LogP contribution < -0.4 is 15.0 Å². The van der Waals surface area contributed by atoms with Crippen LogP contribution in [0.25, 0.3) is 0 Å². The van der Waals surface area contributed by atoms with E-state index >= 15 is 0 Å². The van der Waals surface area contributed by atoms with Crippen molar-refractivity contribution in [2.75, 3.05) is 4.90 Å². The lowest BCUT2D eigenvalue weighted by molar-refractivity contribution is -0.148. The van der Waals surface area contributed by atoms with Gasteiger partial charge in [0.2, 0.25) is 0 Å². The molecule has 6 nitrogen and oxygen atoms in total. The first-order valence-corrected chi connectivity index (χ1v) is 9.12. The van der Waals surface area contributed by atoms with E-state index in [2.05, 4.69) is 26.2 Å². The molecule has 2 heterocycles. The molecule has 7 heteroatoms. The highest BCUT2D eigenvalue weighted by molar-refractivity contribution is 9.10. The van der Waals surface area contributed by atoms with Gasteiger partial charge in [-0.15, -0.1) is 0 Å². The Bertz CT molecular complexity index is 838. The van der Waals surface area contributed by atoms with Crippen LogP contribution in [0, 0.1) is 0 Å². The van der Waals surface area contributed by atoms with Crippen LogP contribution in [-0.2, 0) is 16.1 Å². The van der Waals surface area contributed by atoms with Crippen LogP contribution >= 0.6 is 15.9 Å². The molecule has 0 aliphatic carbocycles. The van der Waals surface area contributed by atoms with Gasteiger partial charge in [0, 0.05) is 23.3 Å². The highest BCUT2D eigenvalue weighted by atomic mass is 79.9. The van der Waals surface area contributed by atoms with Crippen LogP contribution in [0.4, 0.5) is 5.82 Å². The second-order valence-corrected chi connectivity index (χ2v) is 7.45. The molecule has 1 aromatic carbocycles. The molecule has 0 saturated heterocycles. The van der Waals surface area contributed by atoms with Crippen LogP contribution in [0.3, 0.4) is 0 Å². The Morgan fingerprint density at radius 1 is 1.31 bits per heavy atom. The summed E-state index contributed by atoms with van der Waals surface area (Å²) in [5, 5.41) is 2.80. The molecule has 26 heavy (non-hydrogen) atoms. The van der Waals surface area contributed by atoms with E-state index < -0.39 is 17.4 Å². The lowest BCUT2D eigenvalue weighted by Gasteiger charge is -2.40. The number of nitrogens with zero attached hydrogens (tertiary/aromatic N) is 2. The lowest BCUT2D eigenvalue weighted by atomic mass is 9.99. The maximum Gasteiger partial charge on any atom is 0.282 e. The first-order chi connectivity index (χ1) is 12.3. The van der Waals surface area contributed by atoms with Crippen molar-refractivity contribution >= 4 is 33.6 Å². The summed E-state index contributed by atoms with van der Waals surface area (Å²) in [6.07, 6.45) is 1.60. The van der Waals surface area contributed by atoms with E-state index in [-0.39, 0.29) is 6.04 Å². The first kappa shape index (κ1) is 18.4. The van der Waals surface area contributed by atoms with Crippen molar-refractivity contribution in [2.24, 2.45) is 0 Å². The van der Waals surface area contributed by atoms with E-state index in [1.807, 2.05) is 38.1 Å². The summed E-state index contributed by atoms with van der Waals surface area (Å²) in [5.41, 5.74) is -0.716. The van der Waals surface area contributed by atoms with E-state index in [0.29, 0.717) is 18.1 Å². The number of nitrogens with one attached hydrogen (secondary N) is 1. The van der Waals surface area contributed by atoms with E-state index in [9.17, 15) is 9.59 Å². The second kappa shape index (κ2) is 7.07. The second-order valence-electron chi connectivity index (χ2n) is 6.54. The number of hydrogen-bond donors (Lipinski definition) is 1. The van der Waals surface area contributed by atoms with Gasteiger partial charge in [-0.25, -0.2) is 4.98 Å².